The summed E-state index contributed by atoms with van der Waals surface area (Å²) < 4.78 is 6.33. The normalized spacial score (nSPS) is 20.2. The number of rotatable bonds is 2. The average molecular weight is 430 g/mol. The maximum Gasteiger partial charge on any atom is 0.213 e. The molecule has 0 fully saturated rings. The molecule has 0 radical (unpaired) electrons. The first kappa shape index (κ1) is 17.9. The van der Waals surface area contributed by atoms with Crippen molar-refractivity contribution in [2.75, 3.05) is 0 Å². The third-order valence-corrected chi connectivity index (χ3v) is 5.82. The molecule has 0 spiro atoms. The Morgan fingerprint density at radius 1 is 0.893 bits per heavy atom. The summed E-state index contributed by atoms with van der Waals surface area (Å²) >= 11 is 18.8. The van der Waals surface area contributed by atoms with Crippen LogP contribution >= 0.6 is 34.8 Å². The van der Waals surface area contributed by atoms with Gasteiger partial charge in [0, 0.05) is 27.6 Å². The lowest BCUT2D eigenvalue weighted by Gasteiger charge is -2.38. The predicted molar refractivity (Wildman–Crippen MR) is 113 cm³/mol. The summed E-state index contributed by atoms with van der Waals surface area (Å²) in [5, 5.41) is 8.70. The monoisotopic (exact) mass is 428 g/mol. The van der Waals surface area contributed by atoms with E-state index in [1.54, 1.807) is 6.07 Å². The van der Waals surface area contributed by atoms with E-state index in [0.29, 0.717) is 20.8 Å². The Hall–Kier alpha value is -2.20. The summed E-state index contributed by atoms with van der Waals surface area (Å²) in [5.74, 6) is 0.664. The molecule has 140 valence electrons. The highest BCUT2D eigenvalue weighted by molar-refractivity contribution is 6.35. The summed E-state index contributed by atoms with van der Waals surface area (Å²) in [5.41, 5.74) is 4.03. The van der Waals surface area contributed by atoms with E-state index in [1.165, 1.54) is 0 Å². The van der Waals surface area contributed by atoms with Crippen LogP contribution in [0.3, 0.4) is 0 Å². The topological polar surface area (TPSA) is 24.8 Å². The minimum absolute atomic E-state index is 0.00386. The molecule has 3 aromatic carbocycles. The lowest BCUT2D eigenvalue weighted by atomic mass is 9.96. The number of hydrazone groups is 1. The van der Waals surface area contributed by atoms with E-state index in [1.807, 2.05) is 53.5 Å². The molecule has 6 heteroatoms. The third-order valence-electron chi connectivity index (χ3n) is 5.07. The van der Waals surface area contributed by atoms with Gasteiger partial charge in [0.25, 0.3) is 0 Å². The first-order valence-electron chi connectivity index (χ1n) is 8.92. The number of benzene rings is 3. The number of ether oxygens (including phenoxy) is 1. The lowest BCUT2D eigenvalue weighted by molar-refractivity contribution is -0.0189. The van der Waals surface area contributed by atoms with Gasteiger partial charge in [-0.1, -0.05) is 77.3 Å². The zero-order chi connectivity index (χ0) is 19.3. The summed E-state index contributed by atoms with van der Waals surface area (Å²) in [6, 6.07) is 21.4. The highest BCUT2D eigenvalue weighted by Gasteiger charge is 2.42. The van der Waals surface area contributed by atoms with E-state index in [9.17, 15) is 0 Å². The van der Waals surface area contributed by atoms with Crippen molar-refractivity contribution >= 4 is 40.5 Å². The minimum atomic E-state index is -0.394. The van der Waals surface area contributed by atoms with Gasteiger partial charge in [-0.15, -0.1) is 0 Å². The fourth-order valence-corrected chi connectivity index (χ4v) is 4.45. The van der Waals surface area contributed by atoms with Crippen LogP contribution in [0.2, 0.25) is 15.1 Å². The van der Waals surface area contributed by atoms with Crippen LogP contribution in [0.15, 0.2) is 71.8 Å². The molecule has 28 heavy (non-hydrogen) atoms. The molecule has 0 unspecified atom stereocenters. The predicted octanol–water partition coefficient (Wildman–Crippen LogP) is 6.89. The van der Waals surface area contributed by atoms with Crippen molar-refractivity contribution in [2.24, 2.45) is 5.10 Å². The number of fused-ring (bicyclic) bond motifs is 3. The second-order valence-electron chi connectivity index (χ2n) is 6.84. The minimum Gasteiger partial charge on any atom is -0.463 e. The molecular formula is C22H15Cl3N2O. The van der Waals surface area contributed by atoms with Crippen molar-refractivity contribution in [2.45, 2.75) is 18.7 Å². The number of nitrogens with zero attached hydrogens (tertiary/aromatic N) is 2. The quantitative estimate of drug-likeness (QED) is 0.443. The van der Waals surface area contributed by atoms with Gasteiger partial charge in [-0.2, -0.15) is 5.10 Å². The van der Waals surface area contributed by atoms with Crippen LogP contribution in [0.4, 0.5) is 0 Å². The van der Waals surface area contributed by atoms with E-state index in [2.05, 4.69) is 12.1 Å². The van der Waals surface area contributed by atoms with Gasteiger partial charge in [0.2, 0.25) is 6.23 Å². The zero-order valence-electron chi connectivity index (χ0n) is 14.6. The number of halogens is 3. The van der Waals surface area contributed by atoms with Crippen molar-refractivity contribution < 1.29 is 4.74 Å². The molecular weight excluding hydrogens is 415 g/mol. The molecule has 3 aromatic rings. The molecule has 0 N–H and O–H groups in total. The molecule has 2 aliphatic rings. The molecule has 0 bridgehead atoms. The first-order chi connectivity index (χ1) is 13.6. The molecule has 2 heterocycles. The average Bonchev–Trinajstić information content (AvgIpc) is 3.15. The number of hydrogen-bond donors (Lipinski definition) is 0. The van der Waals surface area contributed by atoms with E-state index in [4.69, 9.17) is 44.6 Å². The molecule has 2 atom stereocenters. The van der Waals surface area contributed by atoms with Crippen LogP contribution in [-0.4, -0.2) is 10.7 Å². The van der Waals surface area contributed by atoms with Gasteiger partial charge >= 0.3 is 0 Å². The second-order valence-corrected chi connectivity index (χ2v) is 8.12. The van der Waals surface area contributed by atoms with Gasteiger partial charge < -0.3 is 4.74 Å². The molecule has 5 rings (SSSR count). The smallest absolute Gasteiger partial charge is 0.213 e. The highest BCUT2D eigenvalue weighted by Crippen LogP contribution is 2.50. The van der Waals surface area contributed by atoms with Crippen LogP contribution in [0.25, 0.3) is 0 Å². The molecule has 3 nitrogen and oxygen atoms in total. The van der Waals surface area contributed by atoms with Gasteiger partial charge in [-0.3, -0.25) is 0 Å². The first-order valence-corrected chi connectivity index (χ1v) is 10.1. The Morgan fingerprint density at radius 3 is 2.39 bits per heavy atom. The summed E-state index contributed by atoms with van der Waals surface area (Å²) in [7, 11) is 0. The van der Waals surface area contributed by atoms with Crippen molar-refractivity contribution in [1.29, 1.82) is 0 Å². The fourth-order valence-electron chi connectivity index (χ4n) is 3.77. The Balaban J connectivity index is 1.63. The molecule has 0 aliphatic carbocycles. The number of hydrogen-bond acceptors (Lipinski definition) is 3. The standard InChI is InChI=1S/C22H15Cl3N2O/c23-15-8-6-14(7-9-15)22-27-20(12-19(26-27)13-4-2-1-3-5-13)17-10-16(24)11-18(25)21(17)28-22/h1-11,20,22H,12H2/t20-,22+/m0/s1. The van der Waals surface area contributed by atoms with Crippen LogP contribution in [-0.2, 0) is 0 Å². The van der Waals surface area contributed by atoms with Crippen molar-refractivity contribution in [3.8, 4) is 5.75 Å². The van der Waals surface area contributed by atoms with Crippen molar-refractivity contribution in [3.63, 3.8) is 0 Å². The Morgan fingerprint density at radius 2 is 1.64 bits per heavy atom. The van der Waals surface area contributed by atoms with E-state index in [0.717, 1.165) is 28.8 Å². The van der Waals surface area contributed by atoms with Crippen LogP contribution in [0, 0.1) is 0 Å². The largest absolute Gasteiger partial charge is 0.463 e. The molecule has 2 aliphatic heterocycles. The maximum atomic E-state index is 6.48. The molecule has 0 amide bonds. The summed E-state index contributed by atoms with van der Waals surface area (Å²) in [6.45, 7) is 0. The SMILES string of the molecule is Clc1ccc([C@H]2Oc3c(Cl)cc(Cl)cc3[C@@H]3CC(c4ccccc4)=NN23)cc1. The lowest BCUT2D eigenvalue weighted by Crippen LogP contribution is -2.33. The summed E-state index contributed by atoms with van der Waals surface area (Å²) in [6.07, 6.45) is 0.357. The molecule has 0 aromatic heterocycles. The molecule has 0 saturated heterocycles. The second kappa shape index (κ2) is 7.00. The van der Waals surface area contributed by atoms with Crippen molar-refractivity contribution in [3.05, 3.63) is 98.5 Å². The Kier molecular flexibility index (Phi) is 4.47. The zero-order valence-corrected chi connectivity index (χ0v) is 16.9. The van der Waals surface area contributed by atoms with Crippen LogP contribution in [0.5, 0.6) is 5.75 Å². The Bertz CT molecular complexity index is 1070. The molecule has 0 saturated carbocycles. The Labute approximate surface area is 178 Å². The third kappa shape index (κ3) is 3.04. The van der Waals surface area contributed by atoms with E-state index in [-0.39, 0.29) is 6.04 Å². The van der Waals surface area contributed by atoms with Gasteiger partial charge in [0.1, 0.15) is 5.75 Å². The van der Waals surface area contributed by atoms with E-state index < -0.39 is 6.23 Å². The van der Waals surface area contributed by atoms with Crippen LogP contribution < -0.4 is 4.74 Å². The highest BCUT2D eigenvalue weighted by atomic mass is 35.5. The fraction of sp³-hybridized carbons (Fsp3) is 0.136. The van der Waals surface area contributed by atoms with Crippen LogP contribution in [0.1, 0.15) is 35.4 Å². The van der Waals surface area contributed by atoms with Gasteiger partial charge in [0.05, 0.1) is 16.8 Å². The summed E-state index contributed by atoms with van der Waals surface area (Å²) in [4.78, 5) is 0. The van der Waals surface area contributed by atoms with E-state index >= 15 is 0 Å². The van der Waals surface area contributed by atoms with Gasteiger partial charge in [-0.25, -0.2) is 5.01 Å². The maximum absolute atomic E-state index is 6.48. The van der Waals surface area contributed by atoms with Crippen molar-refractivity contribution in [1.82, 2.24) is 5.01 Å². The van der Waals surface area contributed by atoms with Gasteiger partial charge in [0.15, 0.2) is 0 Å². The van der Waals surface area contributed by atoms with Gasteiger partial charge in [-0.05, 0) is 29.8 Å².